The summed E-state index contributed by atoms with van der Waals surface area (Å²) in [5, 5.41) is 3.93. The minimum absolute atomic E-state index is 0.0732. The molecule has 1 N–H and O–H groups in total. The van der Waals surface area contributed by atoms with Gasteiger partial charge in [0.15, 0.2) is 0 Å². The lowest BCUT2D eigenvalue weighted by Crippen LogP contribution is -2.40. The largest absolute Gasteiger partial charge is 0.347 e. The van der Waals surface area contributed by atoms with Gasteiger partial charge >= 0.3 is 0 Å². The topological polar surface area (TPSA) is 42.0 Å². The van der Waals surface area contributed by atoms with E-state index in [0.29, 0.717) is 5.56 Å². The van der Waals surface area contributed by atoms with E-state index in [1.165, 1.54) is 0 Å². The van der Waals surface area contributed by atoms with E-state index in [1.807, 2.05) is 69.3 Å². The zero-order valence-corrected chi connectivity index (χ0v) is 14.6. The van der Waals surface area contributed by atoms with Gasteiger partial charge in [-0.25, -0.2) is 4.98 Å². The first-order valence-corrected chi connectivity index (χ1v) is 8.13. The van der Waals surface area contributed by atoms with Gasteiger partial charge in [0.05, 0.1) is 16.8 Å². The van der Waals surface area contributed by atoms with Crippen molar-refractivity contribution in [3.05, 3.63) is 65.7 Å². The quantitative estimate of drug-likeness (QED) is 0.741. The molecule has 3 nitrogen and oxygen atoms in total. The van der Waals surface area contributed by atoms with E-state index in [9.17, 15) is 4.79 Å². The van der Waals surface area contributed by atoms with Crippen molar-refractivity contribution >= 4 is 16.8 Å². The Bertz CT molecular complexity index is 907. The summed E-state index contributed by atoms with van der Waals surface area (Å²) < 4.78 is 0. The first kappa shape index (κ1) is 16.2. The van der Waals surface area contributed by atoms with Gasteiger partial charge in [0, 0.05) is 16.5 Å². The van der Waals surface area contributed by atoms with E-state index < -0.39 is 0 Å². The van der Waals surface area contributed by atoms with Crippen molar-refractivity contribution in [3.63, 3.8) is 0 Å². The molecule has 0 aliphatic heterocycles. The molecule has 0 unspecified atom stereocenters. The van der Waals surface area contributed by atoms with E-state index in [0.717, 1.165) is 27.7 Å². The van der Waals surface area contributed by atoms with Crippen LogP contribution in [0.15, 0.2) is 54.6 Å². The third-order valence-electron chi connectivity index (χ3n) is 3.87. The van der Waals surface area contributed by atoms with E-state index >= 15 is 0 Å². The number of rotatable bonds is 2. The zero-order valence-electron chi connectivity index (χ0n) is 14.6. The van der Waals surface area contributed by atoms with E-state index in [4.69, 9.17) is 4.98 Å². The Balaban J connectivity index is 2.21. The molecule has 2 aromatic carbocycles. The summed E-state index contributed by atoms with van der Waals surface area (Å²) in [4.78, 5) is 17.6. The molecule has 1 heterocycles. The number of pyridine rings is 1. The van der Waals surface area contributed by atoms with Gasteiger partial charge in [0.2, 0.25) is 0 Å². The highest BCUT2D eigenvalue weighted by Gasteiger charge is 2.19. The number of para-hydroxylation sites is 1. The van der Waals surface area contributed by atoms with Gasteiger partial charge in [-0.1, -0.05) is 42.5 Å². The van der Waals surface area contributed by atoms with Crippen molar-refractivity contribution in [3.8, 4) is 11.3 Å². The molecule has 122 valence electrons. The lowest BCUT2D eigenvalue weighted by atomic mass is 10.00. The second-order valence-electron chi connectivity index (χ2n) is 7.09. The molecule has 24 heavy (non-hydrogen) atoms. The summed E-state index contributed by atoms with van der Waals surface area (Å²) >= 11 is 0. The van der Waals surface area contributed by atoms with E-state index in [1.54, 1.807) is 0 Å². The Morgan fingerprint density at radius 1 is 1.00 bits per heavy atom. The molecular weight excluding hydrogens is 296 g/mol. The van der Waals surface area contributed by atoms with Crippen LogP contribution < -0.4 is 5.32 Å². The molecule has 0 bridgehead atoms. The molecule has 3 aromatic rings. The molecule has 3 heteroatoms. The van der Waals surface area contributed by atoms with Crippen molar-refractivity contribution in [1.29, 1.82) is 0 Å². The van der Waals surface area contributed by atoms with Crippen LogP contribution in [0.25, 0.3) is 22.2 Å². The van der Waals surface area contributed by atoms with Crippen LogP contribution in [0.5, 0.6) is 0 Å². The van der Waals surface area contributed by atoms with Crippen LogP contribution in [0.4, 0.5) is 0 Å². The third kappa shape index (κ3) is 3.30. The van der Waals surface area contributed by atoms with Gasteiger partial charge in [0.1, 0.15) is 0 Å². The molecular formula is C21H22N2O. The van der Waals surface area contributed by atoms with Crippen LogP contribution in [0.2, 0.25) is 0 Å². The monoisotopic (exact) mass is 318 g/mol. The minimum atomic E-state index is -0.287. The number of amides is 1. The summed E-state index contributed by atoms with van der Waals surface area (Å²) in [7, 11) is 0. The number of hydrogen-bond donors (Lipinski definition) is 1. The smallest absolute Gasteiger partial charge is 0.252 e. The van der Waals surface area contributed by atoms with Gasteiger partial charge in [-0.05, 0) is 45.4 Å². The molecule has 0 spiro atoms. The molecule has 0 atom stereocenters. The molecule has 0 radical (unpaired) electrons. The third-order valence-corrected chi connectivity index (χ3v) is 3.87. The fourth-order valence-electron chi connectivity index (χ4n) is 2.77. The lowest BCUT2D eigenvalue weighted by Gasteiger charge is -2.21. The Kier molecular flexibility index (Phi) is 4.10. The first-order valence-electron chi connectivity index (χ1n) is 8.13. The van der Waals surface area contributed by atoms with Gasteiger partial charge < -0.3 is 5.32 Å². The van der Waals surface area contributed by atoms with Crippen molar-refractivity contribution in [2.24, 2.45) is 0 Å². The second kappa shape index (κ2) is 6.08. The second-order valence-corrected chi connectivity index (χ2v) is 7.09. The summed E-state index contributed by atoms with van der Waals surface area (Å²) in [6.07, 6.45) is 0. The number of carbonyl (C=O) groups is 1. The van der Waals surface area contributed by atoms with Crippen LogP contribution in [0.3, 0.4) is 0 Å². The Labute approximate surface area is 142 Å². The fourth-order valence-corrected chi connectivity index (χ4v) is 2.77. The van der Waals surface area contributed by atoms with Gasteiger partial charge in [-0.15, -0.1) is 0 Å². The van der Waals surface area contributed by atoms with Crippen LogP contribution in [0.1, 0.15) is 36.7 Å². The average Bonchev–Trinajstić information content (AvgIpc) is 2.52. The zero-order chi connectivity index (χ0) is 17.3. The van der Waals surface area contributed by atoms with Gasteiger partial charge in [0.25, 0.3) is 5.91 Å². The maximum absolute atomic E-state index is 12.8. The van der Waals surface area contributed by atoms with Crippen molar-refractivity contribution in [1.82, 2.24) is 10.3 Å². The predicted molar refractivity (Wildman–Crippen MR) is 99.1 cm³/mol. The number of nitrogens with one attached hydrogen (secondary N) is 1. The first-order chi connectivity index (χ1) is 11.3. The molecule has 3 rings (SSSR count). The van der Waals surface area contributed by atoms with Crippen LogP contribution in [-0.4, -0.2) is 16.4 Å². The number of fused-ring (bicyclic) bond motifs is 1. The summed E-state index contributed by atoms with van der Waals surface area (Å²) in [5.41, 5.74) is 4.22. The predicted octanol–water partition coefficient (Wildman–Crippen LogP) is 4.74. The Morgan fingerprint density at radius 2 is 1.67 bits per heavy atom. The standard InChI is InChI=1S/C21H22N2O/c1-14-9-5-6-10-15(14)19-13-17(20(24)23-21(2,3)4)16-11-7-8-12-18(16)22-19/h5-13H,1-4H3,(H,23,24). The maximum atomic E-state index is 12.8. The summed E-state index contributed by atoms with van der Waals surface area (Å²) in [6, 6.07) is 17.8. The Morgan fingerprint density at radius 3 is 2.38 bits per heavy atom. The number of aryl methyl sites for hydroxylation is 1. The fraction of sp³-hybridized carbons (Fsp3) is 0.238. The van der Waals surface area contributed by atoms with E-state index in [2.05, 4.69) is 18.3 Å². The van der Waals surface area contributed by atoms with Crippen molar-refractivity contribution in [2.75, 3.05) is 0 Å². The highest BCUT2D eigenvalue weighted by molar-refractivity contribution is 6.07. The van der Waals surface area contributed by atoms with Crippen molar-refractivity contribution < 1.29 is 4.79 Å². The highest BCUT2D eigenvalue weighted by Crippen LogP contribution is 2.27. The lowest BCUT2D eigenvalue weighted by molar-refractivity contribution is 0.0921. The molecule has 1 aromatic heterocycles. The van der Waals surface area contributed by atoms with Crippen LogP contribution in [-0.2, 0) is 0 Å². The number of aromatic nitrogens is 1. The minimum Gasteiger partial charge on any atom is -0.347 e. The summed E-state index contributed by atoms with van der Waals surface area (Å²) in [5.74, 6) is -0.0732. The number of hydrogen-bond acceptors (Lipinski definition) is 2. The van der Waals surface area contributed by atoms with E-state index in [-0.39, 0.29) is 11.4 Å². The van der Waals surface area contributed by atoms with Gasteiger partial charge in [-0.2, -0.15) is 0 Å². The van der Waals surface area contributed by atoms with Crippen LogP contribution >= 0.6 is 0 Å². The maximum Gasteiger partial charge on any atom is 0.252 e. The molecule has 1 amide bonds. The summed E-state index contributed by atoms with van der Waals surface area (Å²) in [6.45, 7) is 8.00. The number of benzene rings is 2. The van der Waals surface area contributed by atoms with Crippen LogP contribution in [0, 0.1) is 6.92 Å². The Hall–Kier alpha value is -2.68. The molecule has 0 saturated heterocycles. The molecule has 0 fully saturated rings. The normalized spacial score (nSPS) is 11.5. The SMILES string of the molecule is Cc1ccccc1-c1cc(C(=O)NC(C)(C)C)c2ccccc2n1. The molecule has 0 aliphatic carbocycles. The molecule has 0 saturated carbocycles. The number of carbonyl (C=O) groups excluding carboxylic acids is 1. The van der Waals surface area contributed by atoms with Crippen molar-refractivity contribution in [2.45, 2.75) is 33.2 Å². The number of nitrogens with zero attached hydrogens (tertiary/aromatic N) is 1. The highest BCUT2D eigenvalue weighted by atomic mass is 16.1. The average molecular weight is 318 g/mol. The molecule has 0 aliphatic rings. The van der Waals surface area contributed by atoms with Gasteiger partial charge in [-0.3, -0.25) is 4.79 Å².